The summed E-state index contributed by atoms with van der Waals surface area (Å²) in [5.74, 6) is 0. The summed E-state index contributed by atoms with van der Waals surface area (Å²) in [7, 11) is -4.20. The average molecular weight is 490 g/mol. The Bertz CT molecular complexity index is 1300. The maximum Gasteiger partial charge on any atom is 0.418 e. The molecule has 3 aromatic rings. The lowest BCUT2D eigenvalue weighted by molar-refractivity contribution is -0.227. The molecule has 2 heterocycles. The number of aryl methyl sites for hydroxylation is 1. The van der Waals surface area contributed by atoms with Gasteiger partial charge in [-0.05, 0) is 30.7 Å². The summed E-state index contributed by atoms with van der Waals surface area (Å²) >= 11 is 0. The summed E-state index contributed by atoms with van der Waals surface area (Å²) in [5, 5.41) is 0. The van der Waals surface area contributed by atoms with Crippen LogP contribution < -0.4 is 4.31 Å². The fourth-order valence-corrected chi connectivity index (χ4v) is 5.90. The van der Waals surface area contributed by atoms with Crippen LogP contribution in [0.3, 0.4) is 0 Å². The number of benzene rings is 3. The number of sulfonamides is 1. The average Bonchev–Trinajstić information content (AvgIpc) is 3.51. The Hall–Kier alpha value is -2.88. The molecule has 2 aliphatic heterocycles. The molecule has 0 bridgehead atoms. The van der Waals surface area contributed by atoms with Crippen molar-refractivity contribution in [3.05, 3.63) is 95.6 Å². The molecule has 34 heavy (non-hydrogen) atoms. The molecule has 0 radical (unpaired) electrons. The predicted octanol–water partition coefficient (Wildman–Crippen LogP) is 5.12. The van der Waals surface area contributed by atoms with Crippen molar-refractivity contribution in [3.63, 3.8) is 0 Å². The molecule has 3 aromatic carbocycles. The van der Waals surface area contributed by atoms with Gasteiger partial charge in [-0.15, -0.1) is 0 Å². The number of ether oxygens (including phenoxy) is 2. The smallest absolute Gasteiger partial charge is 0.360 e. The fraction of sp³-hybridized carbons (Fsp3) is 0.280. The van der Waals surface area contributed by atoms with Crippen LogP contribution in [0.1, 0.15) is 22.8 Å². The van der Waals surface area contributed by atoms with Crippen molar-refractivity contribution >= 4 is 15.7 Å². The van der Waals surface area contributed by atoms with Gasteiger partial charge in [0.1, 0.15) is 11.7 Å². The van der Waals surface area contributed by atoms with Crippen LogP contribution in [-0.4, -0.2) is 33.8 Å². The third-order valence-electron chi connectivity index (χ3n) is 6.27. The minimum absolute atomic E-state index is 0.0115. The van der Waals surface area contributed by atoms with Crippen molar-refractivity contribution in [2.45, 2.75) is 35.8 Å². The van der Waals surface area contributed by atoms with Gasteiger partial charge in [0.05, 0.1) is 23.7 Å². The SMILES string of the molecule is Cc1ccc(S(=O)(=O)N2C[C@H]3O[C@@]3(c3ccccc3)CO[C@@H](C(F)(F)F)c3ccccc32)cc1. The first kappa shape index (κ1) is 22.9. The Morgan fingerprint density at radius 3 is 2.26 bits per heavy atom. The van der Waals surface area contributed by atoms with Gasteiger partial charge in [-0.3, -0.25) is 4.31 Å². The lowest BCUT2D eigenvalue weighted by atomic mass is 9.96. The van der Waals surface area contributed by atoms with Gasteiger partial charge in [0.2, 0.25) is 0 Å². The van der Waals surface area contributed by atoms with Gasteiger partial charge in [0.15, 0.2) is 6.10 Å². The molecule has 0 aromatic heterocycles. The Labute approximate surface area is 195 Å². The minimum Gasteiger partial charge on any atom is -0.360 e. The minimum atomic E-state index is -4.76. The highest BCUT2D eigenvalue weighted by molar-refractivity contribution is 7.92. The normalized spacial score (nSPS) is 24.9. The Morgan fingerprint density at radius 2 is 1.59 bits per heavy atom. The van der Waals surface area contributed by atoms with Crippen molar-refractivity contribution in [1.29, 1.82) is 0 Å². The van der Waals surface area contributed by atoms with E-state index in [-0.39, 0.29) is 29.3 Å². The highest BCUT2D eigenvalue weighted by Crippen LogP contribution is 2.52. The molecule has 0 amide bonds. The first-order chi connectivity index (χ1) is 16.1. The number of nitrogens with zero attached hydrogens (tertiary/aromatic N) is 1. The zero-order valence-corrected chi connectivity index (χ0v) is 19.0. The van der Waals surface area contributed by atoms with Crippen LogP contribution in [0.15, 0.2) is 83.8 Å². The van der Waals surface area contributed by atoms with E-state index in [0.29, 0.717) is 5.56 Å². The molecule has 2 aliphatic rings. The summed E-state index contributed by atoms with van der Waals surface area (Å²) in [6.45, 7) is 1.30. The molecule has 1 fully saturated rings. The van der Waals surface area contributed by atoms with Crippen LogP contribution in [0.4, 0.5) is 18.9 Å². The van der Waals surface area contributed by atoms with Crippen molar-refractivity contribution in [3.8, 4) is 0 Å². The first-order valence-corrected chi connectivity index (χ1v) is 12.2. The second-order valence-electron chi connectivity index (χ2n) is 8.50. The standard InChI is InChI=1S/C25H22F3NO4S/c1-17-11-13-19(14-12-17)34(30,31)29-15-22-24(33-22,18-7-3-2-4-8-18)16-32-23(25(26,27)28)20-9-5-6-10-21(20)29/h2-14,22-23H,15-16H2,1H3/t22-,23-,24-/m1/s1. The van der Waals surface area contributed by atoms with E-state index in [4.69, 9.17) is 9.47 Å². The summed E-state index contributed by atoms with van der Waals surface area (Å²) in [6.07, 6.45) is -7.76. The number of para-hydroxylation sites is 1. The fourth-order valence-electron chi connectivity index (χ4n) is 4.41. The second kappa shape index (κ2) is 8.11. The maximum absolute atomic E-state index is 14.2. The topological polar surface area (TPSA) is 59.1 Å². The first-order valence-electron chi connectivity index (χ1n) is 10.7. The van der Waals surface area contributed by atoms with Crippen molar-refractivity contribution in [2.24, 2.45) is 0 Å². The molecular formula is C25H22F3NO4S. The maximum atomic E-state index is 14.2. The van der Waals surface area contributed by atoms with Crippen molar-refractivity contribution < 1.29 is 31.1 Å². The highest BCUT2D eigenvalue weighted by Gasteiger charge is 2.61. The highest BCUT2D eigenvalue weighted by atomic mass is 32.2. The van der Waals surface area contributed by atoms with Crippen molar-refractivity contribution in [2.75, 3.05) is 17.5 Å². The molecule has 0 spiro atoms. The molecule has 3 atom stereocenters. The number of epoxide rings is 1. The van der Waals surface area contributed by atoms with Gasteiger partial charge >= 0.3 is 6.18 Å². The molecular weight excluding hydrogens is 467 g/mol. The van der Waals surface area contributed by atoms with Gasteiger partial charge < -0.3 is 9.47 Å². The number of fused-ring (bicyclic) bond motifs is 2. The zero-order chi connectivity index (χ0) is 24.1. The quantitative estimate of drug-likeness (QED) is 0.480. The third kappa shape index (κ3) is 3.87. The van der Waals surface area contributed by atoms with E-state index in [0.717, 1.165) is 9.87 Å². The Morgan fingerprint density at radius 1 is 0.941 bits per heavy atom. The van der Waals surface area contributed by atoms with E-state index < -0.39 is 34.0 Å². The summed E-state index contributed by atoms with van der Waals surface area (Å²) in [6, 6.07) is 20.6. The van der Waals surface area contributed by atoms with Crippen LogP contribution in [0.25, 0.3) is 0 Å². The number of halogens is 3. The third-order valence-corrected chi connectivity index (χ3v) is 8.06. The number of hydrogen-bond donors (Lipinski definition) is 0. The number of alkyl halides is 3. The van der Waals surface area contributed by atoms with Crippen LogP contribution in [0.5, 0.6) is 0 Å². The molecule has 0 unspecified atom stereocenters. The zero-order valence-electron chi connectivity index (χ0n) is 18.2. The van der Waals surface area contributed by atoms with Gasteiger partial charge in [0, 0.05) is 5.56 Å². The molecule has 5 rings (SSSR count). The Balaban J connectivity index is 1.68. The van der Waals surface area contributed by atoms with Gasteiger partial charge in [-0.2, -0.15) is 13.2 Å². The van der Waals surface area contributed by atoms with E-state index >= 15 is 0 Å². The van der Waals surface area contributed by atoms with Gasteiger partial charge in [0.25, 0.3) is 10.0 Å². The number of rotatable bonds is 3. The summed E-state index contributed by atoms with van der Waals surface area (Å²) < 4.78 is 82.5. The van der Waals surface area contributed by atoms with Crippen molar-refractivity contribution in [1.82, 2.24) is 0 Å². The molecule has 5 nitrogen and oxygen atoms in total. The molecule has 0 N–H and O–H groups in total. The number of hydrogen-bond acceptors (Lipinski definition) is 4. The van der Waals surface area contributed by atoms with E-state index in [1.807, 2.05) is 6.92 Å². The molecule has 0 aliphatic carbocycles. The summed E-state index contributed by atoms with van der Waals surface area (Å²) in [4.78, 5) is -0.0115. The van der Waals surface area contributed by atoms with E-state index in [1.165, 1.54) is 36.4 Å². The second-order valence-corrected chi connectivity index (χ2v) is 10.4. The van der Waals surface area contributed by atoms with Gasteiger partial charge in [-0.1, -0.05) is 66.2 Å². The van der Waals surface area contributed by atoms with Crippen LogP contribution >= 0.6 is 0 Å². The lowest BCUT2D eigenvalue weighted by Gasteiger charge is -2.29. The monoisotopic (exact) mass is 489 g/mol. The molecule has 9 heteroatoms. The molecule has 178 valence electrons. The van der Waals surface area contributed by atoms with Crippen LogP contribution in [-0.2, 0) is 25.1 Å². The van der Waals surface area contributed by atoms with Gasteiger partial charge in [-0.25, -0.2) is 8.42 Å². The number of anilines is 1. The van der Waals surface area contributed by atoms with Crippen LogP contribution in [0, 0.1) is 6.92 Å². The largest absolute Gasteiger partial charge is 0.418 e. The molecule has 1 saturated heterocycles. The summed E-state index contributed by atoms with van der Waals surface area (Å²) in [5.41, 5.74) is -0.00379. The lowest BCUT2D eigenvalue weighted by Crippen LogP contribution is -2.36. The van der Waals surface area contributed by atoms with Crippen LogP contribution in [0.2, 0.25) is 0 Å². The Kier molecular flexibility index (Phi) is 5.46. The van der Waals surface area contributed by atoms with E-state index in [1.54, 1.807) is 42.5 Å². The van der Waals surface area contributed by atoms with E-state index in [9.17, 15) is 21.6 Å². The van der Waals surface area contributed by atoms with E-state index in [2.05, 4.69) is 0 Å². The predicted molar refractivity (Wildman–Crippen MR) is 120 cm³/mol. The molecule has 0 saturated carbocycles.